The van der Waals surface area contributed by atoms with E-state index in [9.17, 15) is 26.4 Å². The lowest BCUT2D eigenvalue weighted by Crippen LogP contribution is -2.30. The van der Waals surface area contributed by atoms with Crippen LogP contribution in [0.15, 0.2) is 60.7 Å². The molecule has 1 N–H and O–H groups in total. The maximum Gasteiger partial charge on any atom is 0.417 e. The van der Waals surface area contributed by atoms with Gasteiger partial charge in [0, 0.05) is 5.56 Å². The number of hydrogen-bond acceptors (Lipinski definition) is 4. The number of aryl methyl sites for hydroxylation is 2. The second kappa shape index (κ2) is 11.4. The van der Waals surface area contributed by atoms with Crippen LogP contribution in [-0.4, -0.2) is 33.7 Å². The largest absolute Gasteiger partial charge is 0.491 e. The highest BCUT2D eigenvalue weighted by atomic mass is 35.5. The van der Waals surface area contributed by atoms with Crippen LogP contribution in [0.5, 0.6) is 5.75 Å². The molecule has 0 spiro atoms. The fraction of sp³-hybridized carbons (Fsp3) is 0.269. The minimum absolute atomic E-state index is 0.176. The lowest BCUT2D eigenvalue weighted by atomic mass is 10.1. The summed E-state index contributed by atoms with van der Waals surface area (Å²) in [5.41, 5.74) is 1.63. The number of nitrogens with zero attached hydrogens (tertiary/aromatic N) is 1. The minimum atomic E-state index is -4.74. The third-order valence-corrected chi connectivity index (χ3v) is 6.93. The Morgan fingerprint density at radius 1 is 1.03 bits per heavy atom. The van der Waals surface area contributed by atoms with Crippen molar-refractivity contribution in [1.82, 2.24) is 5.32 Å². The summed E-state index contributed by atoms with van der Waals surface area (Å²) in [6, 6.07) is 14.8. The van der Waals surface area contributed by atoms with Crippen LogP contribution in [0.4, 0.5) is 18.9 Å². The molecule has 0 aliphatic rings. The van der Waals surface area contributed by atoms with Gasteiger partial charge in [0.25, 0.3) is 5.91 Å². The van der Waals surface area contributed by atoms with Gasteiger partial charge in [0.1, 0.15) is 12.4 Å². The van der Waals surface area contributed by atoms with E-state index >= 15 is 0 Å². The standard InChI is InChI=1S/C26H26ClF3N2O4S/c1-17-4-11-24(18(2)14-17)36-13-12-31-25(33)20-7-5-19(6-8-20)16-32(37(3,34)35)21-9-10-23(27)22(15-21)26(28,29)30/h4-11,14-15H,12-13,16H2,1-3H3,(H,31,33). The molecular formula is C26H26ClF3N2O4S. The third-order valence-electron chi connectivity index (χ3n) is 5.46. The second-order valence-corrected chi connectivity index (χ2v) is 10.8. The Kier molecular flexibility index (Phi) is 8.76. The number of sulfonamides is 1. The van der Waals surface area contributed by atoms with E-state index in [4.69, 9.17) is 16.3 Å². The predicted molar refractivity (Wildman–Crippen MR) is 138 cm³/mol. The molecule has 0 radical (unpaired) electrons. The van der Waals surface area contributed by atoms with E-state index in [1.807, 2.05) is 32.0 Å². The maximum absolute atomic E-state index is 13.3. The zero-order chi connectivity index (χ0) is 27.4. The van der Waals surface area contributed by atoms with Crippen molar-refractivity contribution in [3.63, 3.8) is 0 Å². The van der Waals surface area contributed by atoms with Gasteiger partial charge in [0.2, 0.25) is 10.0 Å². The molecule has 0 aliphatic carbocycles. The molecule has 37 heavy (non-hydrogen) atoms. The zero-order valence-electron chi connectivity index (χ0n) is 20.4. The van der Waals surface area contributed by atoms with Crippen LogP contribution in [-0.2, 0) is 22.7 Å². The van der Waals surface area contributed by atoms with Crippen LogP contribution in [0.2, 0.25) is 5.02 Å². The molecule has 0 saturated carbocycles. The fourth-order valence-corrected chi connectivity index (χ4v) is 4.71. The van der Waals surface area contributed by atoms with Crippen molar-refractivity contribution >= 4 is 33.2 Å². The Labute approximate surface area is 219 Å². The normalized spacial score (nSPS) is 11.8. The van der Waals surface area contributed by atoms with Crippen molar-refractivity contribution in [1.29, 1.82) is 0 Å². The SMILES string of the molecule is Cc1ccc(OCCNC(=O)c2ccc(CN(c3ccc(Cl)c(C(F)(F)F)c3)S(C)(=O)=O)cc2)c(C)c1. The van der Waals surface area contributed by atoms with Crippen molar-refractivity contribution < 1.29 is 31.1 Å². The summed E-state index contributed by atoms with van der Waals surface area (Å²) in [7, 11) is -3.93. The molecule has 3 aromatic carbocycles. The highest BCUT2D eigenvalue weighted by molar-refractivity contribution is 7.92. The average Bonchev–Trinajstić information content (AvgIpc) is 2.80. The number of carbonyl (C=O) groups excluding carboxylic acids is 1. The molecule has 0 saturated heterocycles. The van der Waals surface area contributed by atoms with Gasteiger partial charge in [-0.25, -0.2) is 8.42 Å². The number of amides is 1. The molecule has 0 aliphatic heterocycles. The quantitative estimate of drug-likeness (QED) is 0.342. The van der Waals surface area contributed by atoms with Gasteiger partial charge in [0.05, 0.1) is 35.6 Å². The molecular weight excluding hydrogens is 529 g/mol. The number of rotatable bonds is 9. The second-order valence-electron chi connectivity index (χ2n) is 8.50. The molecule has 3 aromatic rings. The van der Waals surface area contributed by atoms with Crippen LogP contribution in [0.25, 0.3) is 0 Å². The van der Waals surface area contributed by atoms with E-state index in [0.29, 0.717) is 17.2 Å². The first kappa shape index (κ1) is 28.3. The van der Waals surface area contributed by atoms with Gasteiger partial charge in [-0.05, 0) is 61.4 Å². The molecule has 0 aromatic heterocycles. The minimum Gasteiger partial charge on any atom is -0.491 e. The summed E-state index contributed by atoms with van der Waals surface area (Å²) in [6.07, 6.45) is -3.84. The molecule has 3 rings (SSSR count). The van der Waals surface area contributed by atoms with Gasteiger partial charge in [-0.3, -0.25) is 9.10 Å². The molecule has 0 bridgehead atoms. The van der Waals surface area contributed by atoms with Gasteiger partial charge in [-0.2, -0.15) is 13.2 Å². The van der Waals surface area contributed by atoms with Gasteiger partial charge >= 0.3 is 6.18 Å². The topological polar surface area (TPSA) is 75.7 Å². The van der Waals surface area contributed by atoms with Crippen LogP contribution >= 0.6 is 11.6 Å². The molecule has 198 valence electrons. The van der Waals surface area contributed by atoms with Gasteiger partial charge in [-0.15, -0.1) is 0 Å². The highest BCUT2D eigenvalue weighted by Crippen LogP contribution is 2.37. The molecule has 11 heteroatoms. The summed E-state index contributed by atoms with van der Waals surface area (Å²) < 4.78 is 71.1. The summed E-state index contributed by atoms with van der Waals surface area (Å²) in [5, 5.41) is 2.22. The van der Waals surface area contributed by atoms with Gasteiger partial charge in [-0.1, -0.05) is 41.4 Å². The van der Waals surface area contributed by atoms with Crippen LogP contribution in [0, 0.1) is 13.8 Å². The van der Waals surface area contributed by atoms with E-state index in [1.54, 1.807) is 12.1 Å². The number of alkyl halides is 3. The lowest BCUT2D eigenvalue weighted by molar-refractivity contribution is -0.137. The third kappa shape index (κ3) is 7.62. The monoisotopic (exact) mass is 554 g/mol. The molecule has 6 nitrogen and oxygen atoms in total. The van der Waals surface area contributed by atoms with Crippen molar-refractivity contribution in [3.8, 4) is 5.75 Å². The van der Waals surface area contributed by atoms with Gasteiger partial charge in [0.15, 0.2) is 0 Å². The maximum atomic E-state index is 13.3. The summed E-state index contributed by atoms with van der Waals surface area (Å²) >= 11 is 5.66. The zero-order valence-corrected chi connectivity index (χ0v) is 22.0. The first-order chi connectivity index (χ1) is 17.3. The summed E-state index contributed by atoms with van der Waals surface area (Å²) in [5.74, 6) is 0.394. The number of benzene rings is 3. The van der Waals surface area contributed by atoms with E-state index in [1.165, 1.54) is 18.2 Å². The summed E-state index contributed by atoms with van der Waals surface area (Å²) in [6.45, 7) is 4.24. The lowest BCUT2D eigenvalue weighted by Gasteiger charge is -2.24. The Bertz CT molecular complexity index is 1380. The number of carbonyl (C=O) groups is 1. The first-order valence-corrected chi connectivity index (χ1v) is 13.4. The Balaban J connectivity index is 1.65. The molecule has 1 amide bonds. The van der Waals surface area contributed by atoms with E-state index < -0.39 is 26.8 Å². The number of halogens is 4. The first-order valence-electron chi connectivity index (χ1n) is 11.2. The molecule has 0 heterocycles. The Hall–Kier alpha value is -3.24. The van der Waals surface area contributed by atoms with Gasteiger partial charge < -0.3 is 10.1 Å². The average molecular weight is 555 g/mol. The van der Waals surface area contributed by atoms with E-state index in [0.717, 1.165) is 33.5 Å². The molecule has 0 atom stereocenters. The predicted octanol–water partition coefficient (Wildman–Crippen LogP) is 5.75. The number of anilines is 1. The number of hydrogen-bond donors (Lipinski definition) is 1. The molecule has 0 fully saturated rings. The van der Waals surface area contributed by atoms with Crippen LogP contribution < -0.4 is 14.4 Å². The van der Waals surface area contributed by atoms with Crippen molar-refractivity contribution in [2.24, 2.45) is 0 Å². The van der Waals surface area contributed by atoms with E-state index in [-0.39, 0.29) is 31.3 Å². The van der Waals surface area contributed by atoms with Crippen molar-refractivity contribution in [2.45, 2.75) is 26.6 Å². The van der Waals surface area contributed by atoms with E-state index in [2.05, 4.69) is 5.32 Å². The summed E-state index contributed by atoms with van der Waals surface area (Å²) in [4.78, 5) is 12.5. The van der Waals surface area contributed by atoms with Crippen molar-refractivity contribution in [3.05, 3.63) is 93.5 Å². The highest BCUT2D eigenvalue weighted by Gasteiger charge is 2.34. The van der Waals surface area contributed by atoms with Crippen LogP contribution in [0.3, 0.4) is 0 Å². The smallest absolute Gasteiger partial charge is 0.417 e. The Morgan fingerprint density at radius 3 is 2.30 bits per heavy atom. The van der Waals surface area contributed by atoms with Crippen LogP contribution in [0.1, 0.15) is 32.6 Å². The number of ether oxygens (including phenoxy) is 1. The number of nitrogens with one attached hydrogen (secondary N) is 1. The Morgan fingerprint density at radius 2 is 1.70 bits per heavy atom. The van der Waals surface area contributed by atoms with Crippen molar-refractivity contribution in [2.75, 3.05) is 23.7 Å². The molecule has 0 unspecified atom stereocenters. The fourth-order valence-electron chi connectivity index (χ4n) is 3.60.